The molecule has 2 aromatic carbocycles. The van der Waals surface area contributed by atoms with Crippen molar-refractivity contribution in [1.29, 1.82) is 0 Å². The second-order valence-corrected chi connectivity index (χ2v) is 6.44. The van der Waals surface area contributed by atoms with Crippen LogP contribution in [0.4, 0.5) is 0 Å². The zero-order valence-electron chi connectivity index (χ0n) is 16.3. The Bertz CT molecular complexity index is 752. The molecular weight excluding hydrogens is 328 g/mol. The Morgan fingerprint density at radius 1 is 1.04 bits per heavy atom. The molecule has 0 aliphatic carbocycles. The van der Waals surface area contributed by atoms with Crippen molar-refractivity contribution in [2.45, 2.75) is 46.1 Å². The van der Waals surface area contributed by atoms with Gasteiger partial charge in [0.2, 0.25) is 0 Å². The van der Waals surface area contributed by atoms with Crippen molar-refractivity contribution in [2.75, 3.05) is 14.2 Å². The maximum Gasteiger partial charge on any atom is 0.302 e. The van der Waals surface area contributed by atoms with E-state index < -0.39 is 0 Å². The molecule has 0 spiro atoms. The number of rotatable bonds is 8. The van der Waals surface area contributed by atoms with Gasteiger partial charge in [0, 0.05) is 18.9 Å². The number of esters is 1. The molecule has 1 atom stereocenters. The van der Waals surface area contributed by atoms with Crippen LogP contribution in [0.1, 0.15) is 38.3 Å². The topological polar surface area (TPSA) is 44.8 Å². The Balaban J connectivity index is 2.39. The van der Waals surface area contributed by atoms with Gasteiger partial charge >= 0.3 is 5.97 Å². The lowest BCUT2D eigenvalue weighted by Gasteiger charge is -2.16. The summed E-state index contributed by atoms with van der Waals surface area (Å²) in [7, 11) is 3.38. The first-order chi connectivity index (χ1) is 12.5. The Kier molecular flexibility index (Phi) is 7.07. The van der Waals surface area contributed by atoms with Crippen LogP contribution in [0.15, 0.2) is 36.4 Å². The highest BCUT2D eigenvalue weighted by Crippen LogP contribution is 2.34. The largest absolute Gasteiger partial charge is 0.496 e. The minimum Gasteiger partial charge on any atom is -0.496 e. The van der Waals surface area contributed by atoms with Gasteiger partial charge in [-0.25, -0.2) is 0 Å². The van der Waals surface area contributed by atoms with Gasteiger partial charge in [0.1, 0.15) is 17.6 Å². The van der Waals surface area contributed by atoms with Crippen molar-refractivity contribution >= 4 is 5.97 Å². The van der Waals surface area contributed by atoms with Crippen LogP contribution >= 0.6 is 0 Å². The standard InChI is InChI=1S/C22H28O4/c1-6-7-19-14-18(9-11-21(19)24-4)20-13-17(8-10-22(20)25-5)12-15(2)26-16(3)23/h8-11,13-15H,6-7,12H2,1-5H3. The Morgan fingerprint density at radius 3 is 2.35 bits per heavy atom. The normalized spacial score (nSPS) is 11.7. The van der Waals surface area contributed by atoms with Crippen LogP contribution in [0.3, 0.4) is 0 Å². The third-order valence-corrected chi connectivity index (χ3v) is 4.26. The third kappa shape index (κ3) is 5.01. The zero-order chi connectivity index (χ0) is 19.1. The quantitative estimate of drug-likeness (QED) is 0.636. The summed E-state index contributed by atoms with van der Waals surface area (Å²) in [5.74, 6) is 1.47. The molecular formula is C22H28O4. The molecule has 1 unspecified atom stereocenters. The number of aryl methyl sites for hydroxylation is 1. The number of benzene rings is 2. The molecule has 0 N–H and O–H groups in total. The summed E-state index contributed by atoms with van der Waals surface area (Å²) in [6.07, 6.45) is 2.51. The molecule has 0 fully saturated rings. The fraction of sp³-hybridized carbons (Fsp3) is 0.409. The van der Waals surface area contributed by atoms with E-state index in [0.29, 0.717) is 6.42 Å². The second kappa shape index (κ2) is 9.27. The molecule has 4 heteroatoms. The van der Waals surface area contributed by atoms with Gasteiger partial charge in [0.25, 0.3) is 0 Å². The minimum absolute atomic E-state index is 0.166. The zero-order valence-corrected chi connectivity index (χ0v) is 16.3. The fourth-order valence-corrected chi connectivity index (χ4v) is 3.18. The SMILES string of the molecule is CCCc1cc(-c2cc(CC(C)OC(C)=O)ccc2OC)ccc1OC. The average molecular weight is 356 g/mol. The first-order valence-corrected chi connectivity index (χ1v) is 8.99. The van der Waals surface area contributed by atoms with Crippen LogP contribution in [0.25, 0.3) is 11.1 Å². The summed E-state index contributed by atoms with van der Waals surface area (Å²) < 4.78 is 16.3. The van der Waals surface area contributed by atoms with Gasteiger partial charge in [-0.05, 0) is 54.3 Å². The van der Waals surface area contributed by atoms with Gasteiger partial charge in [0.05, 0.1) is 14.2 Å². The highest BCUT2D eigenvalue weighted by Gasteiger charge is 2.13. The van der Waals surface area contributed by atoms with E-state index in [9.17, 15) is 4.79 Å². The molecule has 0 aliphatic heterocycles. The van der Waals surface area contributed by atoms with Crippen molar-refractivity contribution in [3.8, 4) is 22.6 Å². The molecule has 140 valence electrons. The molecule has 26 heavy (non-hydrogen) atoms. The molecule has 2 rings (SSSR count). The molecule has 2 aromatic rings. The van der Waals surface area contributed by atoms with E-state index in [0.717, 1.165) is 41.0 Å². The monoisotopic (exact) mass is 356 g/mol. The van der Waals surface area contributed by atoms with Crippen LogP contribution in [-0.2, 0) is 22.4 Å². The first-order valence-electron chi connectivity index (χ1n) is 8.99. The molecule has 0 heterocycles. The highest BCUT2D eigenvalue weighted by molar-refractivity contribution is 5.73. The molecule has 0 radical (unpaired) electrons. The molecule has 0 bridgehead atoms. The van der Waals surface area contributed by atoms with Crippen LogP contribution in [-0.4, -0.2) is 26.3 Å². The summed E-state index contributed by atoms with van der Waals surface area (Å²) in [6, 6.07) is 12.3. The van der Waals surface area contributed by atoms with Crippen LogP contribution in [0, 0.1) is 0 Å². The number of ether oxygens (including phenoxy) is 3. The molecule has 0 saturated carbocycles. The summed E-state index contributed by atoms with van der Waals surface area (Å²) in [4.78, 5) is 11.1. The van der Waals surface area contributed by atoms with Gasteiger partial charge in [0.15, 0.2) is 0 Å². The lowest BCUT2D eigenvalue weighted by Crippen LogP contribution is -2.15. The van der Waals surface area contributed by atoms with Crippen LogP contribution in [0.2, 0.25) is 0 Å². The Hall–Kier alpha value is -2.49. The summed E-state index contributed by atoms with van der Waals surface area (Å²) in [6.45, 7) is 5.49. The van der Waals surface area contributed by atoms with E-state index in [1.807, 2.05) is 25.1 Å². The lowest BCUT2D eigenvalue weighted by molar-refractivity contribution is -0.145. The number of carbonyl (C=O) groups is 1. The predicted molar refractivity (Wildman–Crippen MR) is 104 cm³/mol. The van der Waals surface area contributed by atoms with E-state index in [4.69, 9.17) is 14.2 Å². The highest BCUT2D eigenvalue weighted by atomic mass is 16.5. The van der Waals surface area contributed by atoms with E-state index >= 15 is 0 Å². The van der Waals surface area contributed by atoms with Gasteiger partial charge in [-0.3, -0.25) is 4.79 Å². The van der Waals surface area contributed by atoms with Gasteiger partial charge < -0.3 is 14.2 Å². The van der Waals surface area contributed by atoms with Crippen molar-refractivity contribution in [2.24, 2.45) is 0 Å². The Labute approximate surface area is 156 Å². The minimum atomic E-state index is -0.259. The molecule has 0 amide bonds. The predicted octanol–water partition coefficient (Wildman–Crippen LogP) is 4.82. The maximum atomic E-state index is 11.1. The Morgan fingerprint density at radius 2 is 1.73 bits per heavy atom. The van der Waals surface area contributed by atoms with Crippen molar-refractivity contribution in [3.05, 3.63) is 47.5 Å². The maximum absolute atomic E-state index is 11.1. The van der Waals surface area contributed by atoms with E-state index in [1.54, 1.807) is 14.2 Å². The fourth-order valence-electron chi connectivity index (χ4n) is 3.18. The van der Waals surface area contributed by atoms with Crippen molar-refractivity contribution in [1.82, 2.24) is 0 Å². The van der Waals surface area contributed by atoms with E-state index in [2.05, 4.69) is 25.1 Å². The number of hydrogen-bond donors (Lipinski definition) is 0. The van der Waals surface area contributed by atoms with E-state index in [1.165, 1.54) is 12.5 Å². The molecule has 0 aliphatic rings. The summed E-state index contributed by atoms with van der Waals surface area (Å²) >= 11 is 0. The number of methoxy groups -OCH3 is 2. The van der Waals surface area contributed by atoms with Crippen LogP contribution < -0.4 is 9.47 Å². The van der Waals surface area contributed by atoms with Crippen molar-refractivity contribution < 1.29 is 19.0 Å². The average Bonchev–Trinajstić information content (AvgIpc) is 2.61. The van der Waals surface area contributed by atoms with Crippen LogP contribution in [0.5, 0.6) is 11.5 Å². The lowest BCUT2D eigenvalue weighted by atomic mass is 9.96. The summed E-state index contributed by atoms with van der Waals surface area (Å²) in [5, 5.41) is 0. The van der Waals surface area contributed by atoms with E-state index in [-0.39, 0.29) is 12.1 Å². The molecule has 4 nitrogen and oxygen atoms in total. The smallest absolute Gasteiger partial charge is 0.302 e. The van der Waals surface area contributed by atoms with Crippen molar-refractivity contribution in [3.63, 3.8) is 0 Å². The second-order valence-electron chi connectivity index (χ2n) is 6.44. The molecule has 0 aromatic heterocycles. The summed E-state index contributed by atoms with van der Waals surface area (Å²) in [5.41, 5.74) is 4.41. The van der Waals surface area contributed by atoms with Gasteiger partial charge in [-0.15, -0.1) is 0 Å². The van der Waals surface area contributed by atoms with Gasteiger partial charge in [-0.2, -0.15) is 0 Å². The number of hydrogen-bond acceptors (Lipinski definition) is 4. The third-order valence-electron chi connectivity index (χ3n) is 4.26. The first kappa shape index (κ1) is 19.8. The number of carbonyl (C=O) groups excluding carboxylic acids is 1. The van der Waals surface area contributed by atoms with Gasteiger partial charge in [-0.1, -0.05) is 25.5 Å². The molecule has 0 saturated heterocycles.